The van der Waals surface area contributed by atoms with E-state index >= 15 is 0 Å². The molecule has 7 heteroatoms. The third kappa shape index (κ3) is 7.36. The van der Waals surface area contributed by atoms with Crippen LogP contribution in [0.1, 0.15) is 63.6 Å². The van der Waals surface area contributed by atoms with Crippen molar-refractivity contribution < 1.29 is 14.0 Å². The maximum absolute atomic E-state index is 14.5. The lowest BCUT2D eigenvalue weighted by molar-refractivity contribution is -0.156. The van der Waals surface area contributed by atoms with Crippen molar-refractivity contribution >= 4 is 47.8 Å². The Hall–Kier alpha value is -3.19. The largest absolute Gasteiger partial charge is 0.407 e. The smallest absolute Gasteiger partial charge is 0.261 e. The molecule has 3 unspecified atom stereocenters. The Kier molecular flexibility index (Phi) is 11.7. The first-order valence-corrected chi connectivity index (χ1v) is 19.4. The van der Waals surface area contributed by atoms with Crippen molar-refractivity contribution in [3.63, 3.8) is 0 Å². The number of nitrogens with zero attached hydrogens (tertiary/aromatic N) is 1. The topological polar surface area (TPSA) is 38.8 Å². The van der Waals surface area contributed by atoms with Crippen LogP contribution in [0.4, 0.5) is 0 Å². The van der Waals surface area contributed by atoms with Crippen molar-refractivity contribution in [2.24, 2.45) is 5.92 Å². The first-order valence-electron chi connectivity index (χ1n) is 16.7. The highest BCUT2D eigenvalue weighted by Crippen LogP contribution is 2.47. The van der Waals surface area contributed by atoms with E-state index in [-0.39, 0.29) is 34.9 Å². The Bertz CT molecular complexity index is 1620. The van der Waals surface area contributed by atoms with Gasteiger partial charge in [-0.1, -0.05) is 135 Å². The molecule has 0 N–H and O–H groups in total. The van der Waals surface area contributed by atoms with Gasteiger partial charge in [0.25, 0.3) is 14.2 Å². The molecule has 4 aromatic rings. The lowest BCUT2D eigenvalue weighted by Crippen LogP contribution is -2.67. The minimum atomic E-state index is -2.83. The van der Waals surface area contributed by atoms with Gasteiger partial charge in [0.15, 0.2) is 0 Å². The number of hydrogen-bond acceptors (Lipinski definition) is 3. The molecule has 4 nitrogen and oxygen atoms in total. The SMILES string of the molecule is C=CC[C@@H](CO[Si](c1ccccc1)(c1ccccc1)C(C)(C)C)[C@@H](C)N1C(=O)C(OC)CC(c2cccc(Cl)c2)C1c1ccc(Cl)cc1. The van der Waals surface area contributed by atoms with Gasteiger partial charge in [-0.25, -0.2) is 0 Å². The maximum atomic E-state index is 14.5. The highest BCUT2D eigenvalue weighted by Gasteiger charge is 2.51. The van der Waals surface area contributed by atoms with Gasteiger partial charge < -0.3 is 14.1 Å². The Balaban J connectivity index is 1.60. The average molecular weight is 701 g/mol. The number of piperidine rings is 1. The van der Waals surface area contributed by atoms with E-state index in [1.165, 1.54) is 10.4 Å². The number of rotatable bonds is 12. The van der Waals surface area contributed by atoms with Crippen LogP contribution < -0.4 is 10.4 Å². The number of carbonyl (C=O) groups is 1. The van der Waals surface area contributed by atoms with E-state index in [0.29, 0.717) is 29.5 Å². The summed E-state index contributed by atoms with van der Waals surface area (Å²) < 4.78 is 13.3. The summed E-state index contributed by atoms with van der Waals surface area (Å²) in [5.74, 6) is -0.127. The van der Waals surface area contributed by atoms with Gasteiger partial charge in [-0.05, 0) is 70.6 Å². The molecule has 1 heterocycles. The number of allylic oxidation sites excluding steroid dienone is 1. The minimum Gasteiger partial charge on any atom is -0.407 e. The van der Waals surface area contributed by atoms with Crippen LogP contribution >= 0.6 is 23.2 Å². The number of carbonyl (C=O) groups excluding carboxylic acids is 1. The second-order valence-electron chi connectivity index (χ2n) is 13.9. The Labute approximate surface area is 297 Å². The first kappa shape index (κ1) is 36.1. The monoisotopic (exact) mass is 699 g/mol. The van der Waals surface area contributed by atoms with Crippen LogP contribution in [0.25, 0.3) is 0 Å². The normalized spacial score (nSPS) is 19.9. The number of likely N-dealkylation sites (tertiary alicyclic amines) is 1. The molecule has 0 saturated carbocycles. The predicted octanol–water partition coefficient (Wildman–Crippen LogP) is 9.22. The quantitative estimate of drug-likeness (QED) is 0.109. The molecule has 5 rings (SSSR count). The first-order chi connectivity index (χ1) is 23.0. The molecule has 4 aromatic carbocycles. The van der Waals surface area contributed by atoms with Gasteiger partial charge in [0.1, 0.15) is 6.10 Å². The Morgan fingerprint density at radius 3 is 2.00 bits per heavy atom. The van der Waals surface area contributed by atoms with Crippen LogP contribution in [0.5, 0.6) is 0 Å². The molecule has 0 bridgehead atoms. The molecule has 0 spiro atoms. The van der Waals surface area contributed by atoms with E-state index < -0.39 is 14.4 Å². The summed E-state index contributed by atoms with van der Waals surface area (Å²) >= 11 is 12.9. The lowest BCUT2D eigenvalue weighted by Gasteiger charge is -2.50. The Morgan fingerprint density at radius 1 is 0.875 bits per heavy atom. The number of benzene rings is 4. The zero-order valence-electron chi connectivity index (χ0n) is 28.6. The highest BCUT2D eigenvalue weighted by atomic mass is 35.5. The second-order valence-corrected chi connectivity index (χ2v) is 19.0. The number of amides is 1. The number of hydrogen-bond donors (Lipinski definition) is 0. The van der Waals surface area contributed by atoms with Crippen molar-refractivity contribution in [1.29, 1.82) is 0 Å². The van der Waals surface area contributed by atoms with Gasteiger partial charge in [0.05, 0.1) is 6.04 Å². The van der Waals surface area contributed by atoms with Crippen molar-refractivity contribution in [2.45, 2.75) is 69.7 Å². The molecular weight excluding hydrogens is 653 g/mol. The predicted molar refractivity (Wildman–Crippen MR) is 202 cm³/mol. The number of methoxy groups -OCH3 is 1. The molecule has 1 saturated heterocycles. The molecule has 0 radical (unpaired) electrons. The van der Waals surface area contributed by atoms with Crippen LogP contribution in [0.15, 0.2) is 122 Å². The third-order valence-electron chi connectivity index (χ3n) is 9.97. The van der Waals surface area contributed by atoms with Crippen LogP contribution in [0, 0.1) is 5.92 Å². The summed E-state index contributed by atoms with van der Waals surface area (Å²) in [6, 6.07) is 36.7. The van der Waals surface area contributed by atoms with E-state index in [4.69, 9.17) is 32.4 Å². The van der Waals surface area contributed by atoms with Crippen LogP contribution in [-0.4, -0.2) is 45.0 Å². The fourth-order valence-electron chi connectivity index (χ4n) is 7.56. The number of halogens is 2. The van der Waals surface area contributed by atoms with Gasteiger partial charge in [0, 0.05) is 41.6 Å². The highest BCUT2D eigenvalue weighted by molar-refractivity contribution is 6.99. The van der Waals surface area contributed by atoms with Crippen LogP contribution in [0.3, 0.4) is 0 Å². The van der Waals surface area contributed by atoms with Gasteiger partial charge >= 0.3 is 0 Å². The average Bonchev–Trinajstić information content (AvgIpc) is 3.08. The van der Waals surface area contributed by atoms with Crippen molar-refractivity contribution in [3.8, 4) is 0 Å². The summed E-state index contributed by atoms with van der Waals surface area (Å²) in [6.07, 6.45) is 2.57. The Morgan fingerprint density at radius 2 is 1.48 bits per heavy atom. The van der Waals surface area contributed by atoms with Crippen molar-refractivity contribution in [2.75, 3.05) is 13.7 Å². The molecule has 0 aliphatic carbocycles. The lowest BCUT2D eigenvalue weighted by atomic mass is 9.77. The molecule has 48 heavy (non-hydrogen) atoms. The van der Waals surface area contributed by atoms with E-state index in [1.807, 2.05) is 48.5 Å². The van der Waals surface area contributed by atoms with E-state index in [1.54, 1.807) is 7.11 Å². The zero-order valence-corrected chi connectivity index (χ0v) is 31.1. The molecule has 1 aliphatic rings. The molecule has 0 aromatic heterocycles. The zero-order chi connectivity index (χ0) is 34.5. The van der Waals surface area contributed by atoms with E-state index in [9.17, 15) is 4.79 Å². The van der Waals surface area contributed by atoms with Crippen molar-refractivity contribution in [3.05, 3.63) is 143 Å². The fourth-order valence-corrected chi connectivity index (χ4v) is 12.5. The van der Waals surface area contributed by atoms with Gasteiger partial charge in [-0.15, -0.1) is 6.58 Å². The third-order valence-corrected chi connectivity index (χ3v) is 15.5. The summed E-state index contributed by atoms with van der Waals surface area (Å²) in [6.45, 7) is 13.6. The van der Waals surface area contributed by atoms with E-state index in [2.05, 4.69) is 106 Å². The minimum absolute atomic E-state index is 0.0252. The molecule has 252 valence electrons. The van der Waals surface area contributed by atoms with Crippen LogP contribution in [-0.2, 0) is 14.0 Å². The summed E-state index contributed by atoms with van der Waals surface area (Å²) in [7, 11) is -1.20. The fraction of sp³-hybridized carbons (Fsp3) is 0.341. The van der Waals surface area contributed by atoms with E-state index in [0.717, 1.165) is 11.1 Å². The number of ether oxygens (including phenoxy) is 1. The molecule has 1 amide bonds. The standard InChI is InChI=1S/C41H47Cl2NO3Si/c1-7-15-32(28-47-48(41(3,4)5,35-18-10-8-11-19-35)36-20-12-9-13-21-36)29(2)44-39(30-22-24-33(42)25-23-30)37(27-38(46-6)40(44)45)31-16-14-17-34(43)26-31/h7-14,16-26,29,32,37-39H,1,15,27-28H2,2-6H3/t29-,32+,37?,38?,39?/m1/s1. The maximum Gasteiger partial charge on any atom is 0.261 e. The van der Waals surface area contributed by atoms with Crippen LogP contribution in [0.2, 0.25) is 15.1 Å². The molecule has 1 fully saturated rings. The summed E-state index contributed by atoms with van der Waals surface area (Å²) in [4.78, 5) is 16.5. The molecule has 5 atom stereocenters. The second kappa shape index (κ2) is 15.6. The summed E-state index contributed by atoms with van der Waals surface area (Å²) in [5, 5.41) is 3.59. The van der Waals surface area contributed by atoms with Gasteiger partial charge in [-0.2, -0.15) is 0 Å². The molecular formula is C41H47Cl2NO3Si. The summed E-state index contributed by atoms with van der Waals surface area (Å²) in [5.41, 5.74) is 2.09. The van der Waals surface area contributed by atoms with Crippen molar-refractivity contribution in [1.82, 2.24) is 4.90 Å². The van der Waals surface area contributed by atoms with Gasteiger partial charge in [-0.3, -0.25) is 4.79 Å². The molecule has 1 aliphatic heterocycles. The van der Waals surface area contributed by atoms with Gasteiger partial charge in [0.2, 0.25) is 0 Å².